The van der Waals surface area contributed by atoms with Gasteiger partial charge in [-0.15, -0.1) is 11.3 Å². The molecule has 0 unspecified atom stereocenters. The van der Waals surface area contributed by atoms with Crippen LogP contribution in [0.15, 0.2) is 46.7 Å². The predicted octanol–water partition coefficient (Wildman–Crippen LogP) is 3.30. The van der Waals surface area contributed by atoms with Gasteiger partial charge in [-0.2, -0.15) is 0 Å². The zero-order valence-corrected chi connectivity index (χ0v) is 15.2. The molecule has 2 heterocycles. The summed E-state index contributed by atoms with van der Waals surface area (Å²) in [4.78, 5) is 5.47. The molecule has 0 aliphatic rings. The first-order valence-electron chi connectivity index (χ1n) is 7.62. The molecular formula is C17H19N3O2S2. The van der Waals surface area contributed by atoms with E-state index in [0.29, 0.717) is 17.3 Å². The van der Waals surface area contributed by atoms with E-state index in [9.17, 15) is 8.42 Å². The minimum absolute atomic E-state index is 0.314. The Morgan fingerprint density at radius 1 is 1.08 bits per heavy atom. The van der Waals surface area contributed by atoms with Crippen LogP contribution in [-0.4, -0.2) is 26.5 Å². The molecule has 7 heteroatoms. The van der Waals surface area contributed by atoms with Crippen LogP contribution in [0.3, 0.4) is 0 Å². The summed E-state index contributed by atoms with van der Waals surface area (Å²) in [6.45, 7) is 4.65. The van der Waals surface area contributed by atoms with E-state index in [-0.39, 0.29) is 0 Å². The Morgan fingerprint density at radius 2 is 1.88 bits per heavy atom. The molecule has 3 rings (SSSR count). The number of hydrogen-bond donors (Lipinski definition) is 2. The van der Waals surface area contributed by atoms with Gasteiger partial charge in [0.05, 0.1) is 5.52 Å². The van der Waals surface area contributed by atoms with Crippen molar-refractivity contribution in [2.24, 2.45) is 0 Å². The molecule has 24 heavy (non-hydrogen) atoms. The Bertz CT molecular complexity index is 965. The Hall–Kier alpha value is -1.96. The Balaban J connectivity index is 1.65. The highest BCUT2D eigenvalue weighted by molar-refractivity contribution is 7.91. The van der Waals surface area contributed by atoms with Crippen molar-refractivity contribution < 1.29 is 8.42 Å². The first-order valence-corrected chi connectivity index (χ1v) is 9.92. The highest BCUT2D eigenvalue weighted by Crippen LogP contribution is 2.23. The van der Waals surface area contributed by atoms with Crippen LogP contribution >= 0.6 is 11.3 Å². The van der Waals surface area contributed by atoms with Crippen LogP contribution in [0, 0.1) is 13.8 Å². The fraction of sp³-hybridized carbons (Fsp3) is 0.235. The van der Waals surface area contributed by atoms with Crippen molar-refractivity contribution in [2.45, 2.75) is 18.1 Å². The Kier molecular flexibility index (Phi) is 4.84. The number of nitrogens with zero attached hydrogens (tertiary/aromatic N) is 1. The molecule has 0 bridgehead atoms. The number of thiophene rings is 1. The smallest absolute Gasteiger partial charge is 0.250 e. The van der Waals surface area contributed by atoms with Gasteiger partial charge < -0.3 is 5.32 Å². The maximum atomic E-state index is 12.2. The van der Waals surface area contributed by atoms with Gasteiger partial charge >= 0.3 is 0 Å². The quantitative estimate of drug-likeness (QED) is 0.661. The third-order valence-electron chi connectivity index (χ3n) is 3.56. The number of rotatable bonds is 6. The first kappa shape index (κ1) is 16.9. The molecule has 126 valence electrons. The molecule has 0 aliphatic carbocycles. The van der Waals surface area contributed by atoms with Crippen LogP contribution in [0.25, 0.3) is 10.9 Å². The van der Waals surface area contributed by atoms with E-state index >= 15 is 0 Å². The largest absolute Gasteiger partial charge is 0.383 e. The lowest BCUT2D eigenvalue weighted by Crippen LogP contribution is -2.28. The number of aromatic nitrogens is 1. The molecule has 5 nitrogen and oxygen atoms in total. The lowest BCUT2D eigenvalue weighted by Gasteiger charge is -2.11. The summed E-state index contributed by atoms with van der Waals surface area (Å²) in [5.74, 6) is 0. The summed E-state index contributed by atoms with van der Waals surface area (Å²) < 4.78 is 27.3. The van der Waals surface area contributed by atoms with E-state index in [1.807, 2.05) is 50.2 Å². The second-order valence-electron chi connectivity index (χ2n) is 5.52. The SMILES string of the molecule is Cc1cc(NCCNS(=O)(=O)c2ccc(C)s2)c2ccccc2n1. The van der Waals surface area contributed by atoms with E-state index in [1.165, 1.54) is 11.3 Å². The summed E-state index contributed by atoms with van der Waals surface area (Å²) in [5, 5.41) is 4.32. The van der Waals surface area contributed by atoms with Crippen molar-refractivity contribution >= 4 is 38.0 Å². The van der Waals surface area contributed by atoms with Gasteiger partial charge in [0.25, 0.3) is 0 Å². The van der Waals surface area contributed by atoms with Crippen molar-refractivity contribution in [2.75, 3.05) is 18.4 Å². The highest BCUT2D eigenvalue weighted by atomic mass is 32.2. The minimum atomic E-state index is -3.43. The standard InChI is InChI=1S/C17H19N3O2S2/c1-12-11-16(14-5-3-4-6-15(14)20-12)18-9-10-19-24(21,22)17-8-7-13(2)23-17/h3-8,11,19H,9-10H2,1-2H3,(H,18,20). The highest BCUT2D eigenvalue weighted by Gasteiger charge is 2.15. The summed E-state index contributed by atoms with van der Waals surface area (Å²) in [6.07, 6.45) is 0. The molecule has 0 saturated carbocycles. The van der Waals surface area contributed by atoms with Gasteiger partial charge in [0.15, 0.2) is 0 Å². The third-order valence-corrected chi connectivity index (χ3v) is 6.51. The normalized spacial score (nSPS) is 11.8. The van der Waals surface area contributed by atoms with Crippen LogP contribution < -0.4 is 10.0 Å². The van der Waals surface area contributed by atoms with Crippen molar-refractivity contribution in [3.63, 3.8) is 0 Å². The fourth-order valence-electron chi connectivity index (χ4n) is 2.46. The zero-order valence-electron chi connectivity index (χ0n) is 13.5. The first-order chi connectivity index (χ1) is 11.5. The summed E-state index contributed by atoms with van der Waals surface area (Å²) in [5.41, 5.74) is 2.81. The number of benzene rings is 1. The maximum absolute atomic E-state index is 12.2. The van der Waals surface area contributed by atoms with Crippen LogP contribution in [0.2, 0.25) is 0 Å². The number of pyridine rings is 1. The number of hydrogen-bond acceptors (Lipinski definition) is 5. The van der Waals surface area contributed by atoms with Gasteiger partial charge in [0.1, 0.15) is 4.21 Å². The summed E-state index contributed by atoms with van der Waals surface area (Å²) >= 11 is 1.27. The van der Waals surface area contributed by atoms with E-state index in [1.54, 1.807) is 6.07 Å². The van der Waals surface area contributed by atoms with Gasteiger partial charge in [-0.1, -0.05) is 18.2 Å². The average Bonchev–Trinajstić information content (AvgIpc) is 2.99. The van der Waals surface area contributed by atoms with Gasteiger partial charge in [-0.25, -0.2) is 13.1 Å². The van der Waals surface area contributed by atoms with Gasteiger partial charge in [-0.05, 0) is 38.1 Å². The number of nitrogens with one attached hydrogen (secondary N) is 2. The number of anilines is 1. The van der Waals surface area contributed by atoms with E-state index in [0.717, 1.165) is 27.2 Å². The molecule has 1 aromatic carbocycles. The number of para-hydroxylation sites is 1. The van der Waals surface area contributed by atoms with Crippen LogP contribution in [0.1, 0.15) is 10.6 Å². The monoisotopic (exact) mass is 361 g/mol. The van der Waals surface area contributed by atoms with E-state index in [2.05, 4.69) is 15.0 Å². The zero-order chi connectivity index (χ0) is 17.2. The molecule has 2 aromatic heterocycles. The molecule has 0 aliphatic heterocycles. The Morgan fingerprint density at radius 3 is 2.62 bits per heavy atom. The molecular weight excluding hydrogens is 342 g/mol. The van der Waals surface area contributed by atoms with Crippen LogP contribution in [0.4, 0.5) is 5.69 Å². The topological polar surface area (TPSA) is 71.1 Å². The van der Waals surface area contributed by atoms with Crippen molar-refractivity contribution in [3.05, 3.63) is 53.0 Å². The van der Waals surface area contributed by atoms with Crippen molar-refractivity contribution in [1.82, 2.24) is 9.71 Å². The lowest BCUT2D eigenvalue weighted by molar-refractivity contribution is 0.585. The maximum Gasteiger partial charge on any atom is 0.250 e. The molecule has 0 radical (unpaired) electrons. The molecule has 0 fully saturated rings. The van der Waals surface area contributed by atoms with Gasteiger partial charge in [-0.3, -0.25) is 4.98 Å². The average molecular weight is 361 g/mol. The number of aryl methyl sites for hydroxylation is 2. The van der Waals surface area contributed by atoms with Gasteiger partial charge in [0.2, 0.25) is 10.0 Å². The fourth-order valence-corrected chi connectivity index (χ4v) is 4.82. The number of sulfonamides is 1. The van der Waals surface area contributed by atoms with Gasteiger partial charge in [0, 0.05) is 34.7 Å². The number of fused-ring (bicyclic) bond motifs is 1. The molecule has 0 amide bonds. The molecule has 0 atom stereocenters. The van der Waals surface area contributed by atoms with Crippen molar-refractivity contribution in [3.8, 4) is 0 Å². The second-order valence-corrected chi connectivity index (χ2v) is 8.80. The Labute approximate surface area is 145 Å². The van der Waals surface area contributed by atoms with Crippen molar-refractivity contribution in [1.29, 1.82) is 0 Å². The molecule has 0 spiro atoms. The van der Waals surface area contributed by atoms with E-state index in [4.69, 9.17) is 0 Å². The molecule has 2 N–H and O–H groups in total. The summed E-state index contributed by atoms with van der Waals surface area (Å²) in [7, 11) is -3.43. The second kappa shape index (κ2) is 6.88. The lowest BCUT2D eigenvalue weighted by atomic mass is 10.1. The van der Waals surface area contributed by atoms with Crippen LogP contribution in [-0.2, 0) is 10.0 Å². The van der Waals surface area contributed by atoms with E-state index < -0.39 is 10.0 Å². The third kappa shape index (κ3) is 3.75. The summed E-state index contributed by atoms with van der Waals surface area (Å²) in [6, 6.07) is 13.3. The minimum Gasteiger partial charge on any atom is -0.383 e. The molecule has 0 saturated heterocycles. The predicted molar refractivity (Wildman–Crippen MR) is 99.2 cm³/mol. The molecule has 3 aromatic rings. The van der Waals surface area contributed by atoms with Crippen LogP contribution in [0.5, 0.6) is 0 Å².